The Kier molecular flexibility index (Phi) is 9.46. The SMILES string of the molecule is CCc1ccncc1.CCc1ccncc1.[Ru+3]. The van der Waals surface area contributed by atoms with Crippen molar-refractivity contribution in [2.75, 3.05) is 0 Å². The Morgan fingerprint density at radius 3 is 1.18 bits per heavy atom. The molecule has 17 heavy (non-hydrogen) atoms. The Morgan fingerprint density at radius 2 is 1.00 bits per heavy atom. The van der Waals surface area contributed by atoms with Crippen LogP contribution in [0.5, 0.6) is 0 Å². The average Bonchev–Trinajstić information content (AvgIpc) is 2.41. The van der Waals surface area contributed by atoms with Gasteiger partial charge in [0.1, 0.15) is 0 Å². The zero-order valence-corrected chi connectivity index (χ0v) is 12.0. The number of rotatable bonds is 2. The minimum absolute atomic E-state index is 0. The molecule has 0 aliphatic carbocycles. The predicted octanol–water partition coefficient (Wildman–Crippen LogP) is 3.29. The summed E-state index contributed by atoms with van der Waals surface area (Å²) >= 11 is 0. The summed E-state index contributed by atoms with van der Waals surface area (Å²) in [4.78, 5) is 7.79. The van der Waals surface area contributed by atoms with E-state index in [1.54, 1.807) is 0 Å². The number of pyridine rings is 2. The van der Waals surface area contributed by atoms with Gasteiger partial charge < -0.3 is 0 Å². The van der Waals surface area contributed by atoms with Crippen molar-refractivity contribution in [1.82, 2.24) is 9.97 Å². The van der Waals surface area contributed by atoms with Crippen LogP contribution in [0.2, 0.25) is 0 Å². The van der Waals surface area contributed by atoms with Gasteiger partial charge in [0, 0.05) is 24.8 Å². The maximum Gasteiger partial charge on any atom is 3.00 e. The summed E-state index contributed by atoms with van der Waals surface area (Å²) in [5.74, 6) is 0. The number of aryl methyl sites for hydroxylation is 2. The first kappa shape index (κ1) is 15.9. The van der Waals surface area contributed by atoms with Crippen LogP contribution in [-0.4, -0.2) is 9.97 Å². The number of hydrogen-bond donors (Lipinski definition) is 0. The fourth-order valence-corrected chi connectivity index (χ4v) is 1.24. The monoisotopic (exact) mass is 316 g/mol. The van der Waals surface area contributed by atoms with Gasteiger partial charge >= 0.3 is 19.5 Å². The molecular weight excluding hydrogens is 297 g/mol. The van der Waals surface area contributed by atoms with Crippen LogP contribution in [0.15, 0.2) is 49.1 Å². The fourth-order valence-electron chi connectivity index (χ4n) is 1.24. The molecule has 0 bridgehead atoms. The first-order chi connectivity index (χ1) is 7.86. The first-order valence-electron chi connectivity index (χ1n) is 5.64. The second-order valence-corrected chi connectivity index (χ2v) is 3.42. The molecule has 0 fully saturated rings. The van der Waals surface area contributed by atoms with Gasteiger partial charge in [-0.3, -0.25) is 9.97 Å². The maximum atomic E-state index is 3.89. The van der Waals surface area contributed by atoms with E-state index in [2.05, 4.69) is 23.8 Å². The first-order valence-corrected chi connectivity index (χ1v) is 5.64. The third-order valence-electron chi connectivity index (χ3n) is 2.32. The van der Waals surface area contributed by atoms with Crippen molar-refractivity contribution in [3.8, 4) is 0 Å². The molecule has 0 aliphatic heterocycles. The zero-order valence-electron chi connectivity index (χ0n) is 10.3. The molecule has 0 saturated carbocycles. The Morgan fingerprint density at radius 1 is 0.706 bits per heavy atom. The minimum atomic E-state index is 0. The largest absolute Gasteiger partial charge is 3.00 e. The zero-order chi connectivity index (χ0) is 11.6. The minimum Gasteiger partial charge on any atom is -0.265 e. The average molecular weight is 315 g/mol. The van der Waals surface area contributed by atoms with Crippen molar-refractivity contribution in [3.63, 3.8) is 0 Å². The second-order valence-electron chi connectivity index (χ2n) is 3.42. The van der Waals surface area contributed by atoms with Gasteiger partial charge in [-0.25, -0.2) is 0 Å². The van der Waals surface area contributed by atoms with E-state index in [4.69, 9.17) is 0 Å². The van der Waals surface area contributed by atoms with Crippen LogP contribution in [-0.2, 0) is 32.3 Å². The van der Waals surface area contributed by atoms with Crippen molar-refractivity contribution in [1.29, 1.82) is 0 Å². The molecular formula is C14H18N2Ru+3. The normalized spacial score (nSPS) is 8.59. The Labute approximate surface area is 116 Å². The molecule has 89 valence electrons. The van der Waals surface area contributed by atoms with Gasteiger partial charge in [0.15, 0.2) is 0 Å². The summed E-state index contributed by atoms with van der Waals surface area (Å²) in [6.07, 6.45) is 9.47. The van der Waals surface area contributed by atoms with Crippen LogP contribution in [0, 0.1) is 0 Å². The van der Waals surface area contributed by atoms with E-state index in [9.17, 15) is 0 Å². The molecule has 0 aromatic carbocycles. The molecule has 0 amide bonds. The maximum absolute atomic E-state index is 3.89. The van der Waals surface area contributed by atoms with Crippen LogP contribution in [0.4, 0.5) is 0 Å². The predicted molar refractivity (Wildman–Crippen MR) is 67.2 cm³/mol. The van der Waals surface area contributed by atoms with Gasteiger partial charge in [-0.05, 0) is 48.2 Å². The van der Waals surface area contributed by atoms with Crippen LogP contribution < -0.4 is 0 Å². The smallest absolute Gasteiger partial charge is 0.265 e. The van der Waals surface area contributed by atoms with Crippen LogP contribution >= 0.6 is 0 Å². The third-order valence-corrected chi connectivity index (χ3v) is 2.32. The van der Waals surface area contributed by atoms with E-state index in [1.807, 2.05) is 49.1 Å². The molecule has 0 aliphatic rings. The molecule has 0 N–H and O–H groups in total. The van der Waals surface area contributed by atoms with E-state index >= 15 is 0 Å². The summed E-state index contributed by atoms with van der Waals surface area (Å²) in [6.45, 7) is 4.27. The molecule has 2 heterocycles. The van der Waals surface area contributed by atoms with E-state index < -0.39 is 0 Å². The van der Waals surface area contributed by atoms with Crippen LogP contribution in [0.25, 0.3) is 0 Å². The molecule has 2 nitrogen and oxygen atoms in total. The van der Waals surface area contributed by atoms with Crippen molar-refractivity contribution in [2.24, 2.45) is 0 Å². The summed E-state index contributed by atoms with van der Waals surface area (Å²) in [7, 11) is 0. The van der Waals surface area contributed by atoms with Crippen molar-refractivity contribution < 1.29 is 19.5 Å². The fraction of sp³-hybridized carbons (Fsp3) is 0.286. The van der Waals surface area contributed by atoms with Gasteiger partial charge in [-0.2, -0.15) is 0 Å². The molecule has 0 unspecified atom stereocenters. The molecule has 1 radical (unpaired) electrons. The van der Waals surface area contributed by atoms with E-state index in [0.29, 0.717) is 0 Å². The molecule has 3 heteroatoms. The summed E-state index contributed by atoms with van der Waals surface area (Å²) in [6, 6.07) is 8.11. The number of aromatic nitrogens is 2. The topological polar surface area (TPSA) is 25.8 Å². The molecule has 2 aromatic heterocycles. The molecule has 0 saturated heterocycles. The van der Waals surface area contributed by atoms with Gasteiger partial charge in [0.05, 0.1) is 0 Å². The Hall–Kier alpha value is -1.08. The number of nitrogens with zero attached hydrogens (tertiary/aromatic N) is 2. The third kappa shape index (κ3) is 6.96. The van der Waals surface area contributed by atoms with Gasteiger partial charge in [0.2, 0.25) is 0 Å². The van der Waals surface area contributed by atoms with Gasteiger partial charge in [0.25, 0.3) is 0 Å². The molecule has 2 aromatic rings. The van der Waals surface area contributed by atoms with Gasteiger partial charge in [-0.1, -0.05) is 13.8 Å². The van der Waals surface area contributed by atoms with Gasteiger partial charge in [-0.15, -0.1) is 0 Å². The number of hydrogen-bond acceptors (Lipinski definition) is 2. The van der Waals surface area contributed by atoms with Crippen molar-refractivity contribution in [2.45, 2.75) is 26.7 Å². The Balaban J connectivity index is 0.000000284. The van der Waals surface area contributed by atoms with E-state index in [0.717, 1.165) is 12.8 Å². The van der Waals surface area contributed by atoms with Crippen molar-refractivity contribution >= 4 is 0 Å². The van der Waals surface area contributed by atoms with E-state index in [1.165, 1.54) is 11.1 Å². The molecule has 0 spiro atoms. The molecule has 0 atom stereocenters. The Bertz CT molecular complexity index is 336. The van der Waals surface area contributed by atoms with Crippen LogP contribution in [0.1, 0.15) is 25.0 Å². The summed E-state index contributed by atoms with van der Waals surface area (Å²) < 4.78 is 0. The summed E-state index contributed by atoms with van der Waals surface area (Å²) in [5.41, 5.74) is 2.69. The second kappa shape index (κ2) is 10.1. The quantitative estimate of drug-likeness (QED) is 0.795. The van der Waals surface area contributed by atoms with Crippen LogP contribution in [0.3, 0.4) is 0 Å². The van der Waals surface area contributed by atoms with Crippen molar-refractivity contribution in [3.05, 3.63) is 60.2 Å². The molecule has 2 rings (SSSR count). The standard InChI is InChI=1S/2C7H9N.Ru/c2*1-2-7-3-5-8-6-4-7;/h2*3-6H,2H2,1H3;/q;;+3. The van der Waals surface area contributed by atoms with E-state index in [-0.39, 0.29) is 19.5 Å². The summed E-state index contributed by atoms with van der Waals surface area (Å²) in [5, 5.41) is 0.